The summed E-state index contributed by atoms with van der Waals surface area (Å²) >= 11 is 4.65. The summed E-state index contributed by atoms with van der Waals surface area (Å²) < 4.78 is 39.3. The highest BCUT2D eigenvalue weighted by Gasteiger charge is 2.31. The van der Waals surface area contributed by atoms with Gasteiger partial charge in [-0.25, -0.2) is 0 Å². The number of halogens is 3. The van der Waals surface area contributed by atoms with Gasteiger partial charge in [0, 0.05) is 12.4 Å². The molecule has 0 saturated heterocycles. The number of anilines is 1. The summed E-state index contributed by atoms with van der Waals surface area (Å²) in [4.78, 5) is 0. The van der Waals surface area contributed by atoms with Crippen LogP contribution >= 0.6 is 12.2 Å². The van der Waals surface area contributed by atoms with E-state index in [2.05, 4.69) is 22.6 Å². The van der Waals surface area contributed by atoms with E-state index in [1.165, 1.54) is 10.7 Å². The number of nitrogens with two attached hydrogens (primary N) is 1. The number of benzene rings is 1. The molecule has 8 heteroatoms. The molecule has 1 aromatic carbocycles. The number of thiocarbonyl (C=S) groups is 1. The van der Waals surface area contributed by atoms with Gasteiger partial charge in [0.1, 0.15) is 0 Å². The Kier molecular flexibility index (Phi) is 2.89. The second-order valence-electron chi connectivity index (χ2n) is 3.69. The van der Waals surface area contributed by atoms with Gasteiger partial charge in [0.15, 0.2) is 10.9 Å². The van der Waals surface area contributed by atoms with Gasteiger partial charge in [0.2, 0.25) is 0 Å². The molecule has 0 fully saturated rings. The monoisotopic (exact) mass is 274 g/mol. The topological polar surface area (TPSA) is 55.9 Å². The number of aryl methyl sites for hydroxylation is 1. The van der Waals surface area contributed by atoms with Gasteiger partial charge < -0.3 is 11.1 Å². The number of rotatable bonds is 1. The van der Waals surface area contributed by atoms with E-state index >= 15 is 0 Å². The Labute approximate surface area is 106 Å². The molecule has 1 aromatic heterocycles. The lowest BCUT2D eigenvalue weighted by molar-refractivity contribution is -0.137. The zero-order valence-electron chi connectivity index (χ0n) is 9.25. The zero-order valence-corrected chi connectivity index (χ0v) is 10.1. The molecule has 0 aliphatic heterocycles. The van der Waals surface area contributed by atoms with Gasteiger partial charge >= 0.3 is 6.18 Å². The van der Waals surface area contributed by atoms with Crippen LogP contribution in [0.1, 0.15) is 5.56 Å². The van der Waals surface area contributed by atoms with Gasteiger partial charge in [-0.3, -0.25) is 4.68 Å². The fourth-order valence-electron chi connectivity index (χ4n) is 1.65. The quantitative estimate of drug-likeness (QED) is 0.783. The highest BCUT2D eigenvalue weighted by atomic mass is 32.1. The number of fused-ring (bicyclic) bond motifs is 1. The first-order chi connectivity index (χ1) is 8.29. The maximum Gasteiger partial charge on any atom is 0.416 e. The summed E-state index contributed by atoms with van der Waals surface area (Å²) in [7, 11) is 1.63. The molecular weight excluding hydrogens is 265 g/mol. The van der Waals surface area contributed by atoms with Gasteiger partial charge in [-0.05, 0) is 30.4 Å². The second-order valence-corrected chi connectivity index (χ2v) is 4.13. The molecule has 4 nitrogen and oxygen atoms in total. The number of nitrogens with one attached hydrogen (secondary N) is 1. The summed E-state index contributed by atoms with van der Waals surface area (Å²) in [5.41, 5.74) is 5.11. The third-order valence-corrected chi connectivity index (χ3v) is 2.52. The molecule has 0 aliphatic carbocycles. The number of nitrogens with zero attached hydrogens (tertiary/aromatic N) is 2. The number of hydrogen-bond donors (Lipinski definition) is 2. The van der Waals surface area contributed by atoms with E-state index in [0.29, 0.717) is 10.9 Å². The van der Waals surface area contributed by atoms with E-state index < -0.39 is 11.7 Å². The summed E-state index contributed by atoms with van der Waals surface area (Å²) in [5.74, 6) is 0.214. The third kappa shape index (κ3) is 2.23. The first-order valence-corrected chi connectivity index (χ1v) is 5.30. The van der Waals surface area contributed by atoms with E-state index in [0.717, 1.165) is 12.1 Å². The highest BCUT2D eigenvalue weighted by Crippen LogP contribution is 2.33. The van der Waals surface area contributed by atoms with Crippen LogP contribution in [-0.2, 0) is 13.2 Å². The molecule has 0 saturated carbocycles. The van der Waals surface area contributed by atoms with E-state index in [4.69, 9.17) is 5.73 Å². The Morgan fingerprint density at radius 1 is 1.44 bits per heavy atom. The fraction of sp³-hybridized carbons (Fsp3) is 0.200. The van der Waals surface area contributed by atoms with Gasteiger partial charge in [-0.1, -0.05) is 0 Å². The van der Waals surface area contributed by atoms with Crippen LogP contribution in [0.4, 0.5) is 19.0 Å². The van der Waals surface area contributed by atoms with Crippen LogP contribution in [0.5, 0.6) is 0 Å². The molecule has 2 rings (SSSR count). The Morgan fingerprint density at radius 3 is 2.67 bits per heavy atom. The van der Waals surface area contributed by atoms with Crippen molar-refractivity contribution in [2.24, 2.45) is 12.8 Å². The normalized spacial score (nSPS) is 11.8. The molecule has 0 spiro atoms. The highest BCUT2D eigenvalue weighted by molar-refractivity contribution is 7.80. The summed E-state index contributed by atoms with van der Waals surface area (Å²) in [5, 5.41) is 6.85. The SMILES string of the molecule is Cn1nc(NC(N)=S)c2cc(C(F)(F)F)ccc21. The first-order valence-electron chi connectivity index (χ1n) is 4.89. The molecule has 0 radical (unpaired) electrons. The molecule has 0 unspecified atom stereocenters. The van der Waals surface area contributed by atoms with Crippen LogP contribution < -0.4 is 11.1 Å². The van der Waals surface area contributed by atoms with Crippen molar-refractivity contribution in [1.29, 1.82) is 0 Å². The van der Waals surface area contributed by atoms with Crippen molar-refractivity contribution in [3.63, 3.8) is 0 Å². The Balaban J connectivity index is 2.62. The van der Waals surface area contributed by atoms with Crippen LogP contribution in [0.25, 0.3) is 10.9 Å². The average molecular weight is 274 g/mol. The van der Waals surface area contributed by atoms with Gasteiger partial charge in [-0.15, -0.1) is 0 Å². The Bertz CT molecular complexity index is 617. The van der Waals surface area contributed by atoms with Crippen molar-refractivity contribution in [2.45, 2.75) is 6.18 Å². The number of alkyl halides is 3. The lowest BCUT2D eigenvalue weighted by atomic mass is 10.1. The zero-order chi connectivity index (χ0) is 13.5. The standard InChI is InChI=1S/C10H9F3N4S/c1-17-7-3-2-5(10(11,12)13)4-6(7)8(16-17)15-9(14)18/h2-4H,1H3,(H3,14,15,16,18). The van der Waals surface area contributed by atoms with Crippen molar-refractivity contribution < 1.29 is 13.2 Å². The minimum absolute atomic E-state index is 0.0487. The van der Waals surface area contributed by atoms with Crippen molar-refractivity contribution >= 4 is 34.1 Å². The minimum atomic E-state index is -4.40. The maximum absolute atomic E-state index is 12.6. The van der Waals surface area contributed by atoms with Crippen LogP contribution in [0.15, 0.2) is 18.2 Å². The Morgan fingerprint density at radius 2 is 2.11 bits per heavy atom. The van der Waals surface area contributed by atoms with Crippen molar-refractivity contribution in [3.8, 4) is 0 Å². The summed E-state index contributed by atoms with van der Waals surface area (Å²) in [6.07, 6.45) is -4.40. The molecule has 0 atom stereocenters. The molecule has 96 valence electrons. The predicted octanol–water partition coefficient (Wildman–Crippen LogP) is 2.25. The van der Waals surface area contributed by atoms with E-state index in [1.807, 2.05) is 0 Å². The molecule has 1 heterocycles. The fourth-order valence-corrected chi connectivity index (χ4v) is 1.75. The van der Waals surface area contributed by atoms with E-state index in [9.17, 15) is 13.2 Å². The largest absolute Gasteiger partial charge is 0.416 e. The molecule has 3 N–H and O–H groups in total. The first kappa shape index (κ1) is 12.6. The number of hydrogen-bond acceptors (Lipinski definition) is 2. The number of aromatic nitrogens is 2. The molecule has 2 aromatic rings. The maximum atomic E-state index is 12.6. The lowest BCUT2D eigenvalue weighted by Gasteiger charge is -2.06. The van der Waals surface area contributed by atoms with Crippen LogP contribution in [0, 0.1) is 0 Å². The van der Waals surface area contributed by atoms with Crippen molar-refractivity contribution in [3.05, 3.63) is 23.8 Å². The van der Waals surface area contributed by atoms with Crippen molar-refractivity contribution in [1.82, 2.24) is 9.78 Å². The minimum Gasteiger partial charge on any atom is -0.376 e. The Hall–Kier alpha value is -1.83. The van der Waals surface area contributed by atoms with Gasteiger partial charge in [-0.2, -0.15) is 18.3 Å². The molecule has 0 bridgehead atoms. The van der Waals surface area contributed by atoms with E-state index in [1.54, 1.807) is 7.05 Å². The van der Waals surface area contributed by atoms with Crippen LogP contribution in [0.3, 0.4) is 0 Å². The van der Waals surface area contributed by atoms with Gasteiger partial charge in [0.05, 0.1) is 11.1 Å². The van der Waals surface area contributed by atoms with Crippen LogP contribution in [0.2, 0.25) is 0 Å². The predicted molar refractivity (Wildman–Crippen MR) is 66.1 cm³/mol. The molecule has 0 aliphatic rings. The smallest absolute Gasteiger partial charge is 0.376 e. The second kappa shape index (κ2) is 4.13. The molecular formula is C10H9F3N4S. The van der Waals surface area contributed by atoms with Crippen molar-refractivity contribution in [2.75, 3.05) is 5.32 Å². The average Bonchev–Trinajstić information content (AvgIpc) is 2.53. The molecule has 18 heavy (non-hydrogen) atoms. The lowest BCUT2D eigenvalue weighted by Crippen LogP contribution is -2.19. The summed E-state index contributed by atoms with van der Waals surface area (Å²) in [6.45, 7) is 0. The summed E-state index contributed by atoms with van der Waals surface area (Å²) in [6, 6.07) is 3.38. The van der Waals surface area contributed by atoms with Gasteiger partial charge in [0.25, 0.3) is 0 Å². The molecule has 0 amide bonds. The third-order valence-electron chi connectivity index (χ3n) is 2.42. The van der Waals surface area contributed by atoms with Crippen LogP contribution in [-0.4, -0.2) is 14.9 Å². The van der Waals surface area contributed by atoms with E-state index in [-0.39, 0.29) is 10.9 Å².